The molecule has 0 radical (unpaired) electrons. The number of hydrogen-bond donors (Lipinski definition) is 1. The molecule has 5 heteroatoms. The molecule has 18 heavy (non-hydrogen) atoms. The lowest BCUT2D eigenvalue weighted by atomic mass is 10.3. The van der Waals surface area contributed by atoms with Gasteiger partial charge in [0, 0.05) is 38.6 Å². The topological polar surface area (TPSA) is 47.7 Å². The van der Waals surface area contributed by atoms with Crippen LogP contribution in [0, 0.1) is 0 Å². The molecule has 2 aromatic heterocycles. The van der Waals surface area contributed by atoms with Crippen LogP contribution < -0.4 is 5.32 Å². The Morgan fingerprint density at radius 3 is 2.83 bits per heavy atom. The summed E-state index contributed by atoms with van der Waals surface area (Å²) < 4.78 is 3.91. The molecule has 0 fully saturated rings. The first-order chi connectivity index (χ1) is 8.70. The number of rotatable bonds is 6. The fraction of sp³-hybridized carbons (Fsp3) is 0.538. The highest BCUT2D eigenvalue weighted by Gasteiger charge is 2.04. The first kappa shape index (κ1) is 12.8. The molecule has 0 aliphatic rings. The van der Waals surface area contributed by atoms with E-state index >= 15 is 0 Å². The van der Waals surface area contributed by atoms with Crippen LogP contribution in [0.1, 0.15) is 37.7 Å². The van der Waals surface area contributed by atoms with Crippen LogP contribution in [0.3, 0.4) is 0 Å². The van der Waals surface area contributed by atoms with Crippen LogP contribution in [-0.4, -0.2) is 19.6 Å². The van der Waals surface area contributed by atoms with Crippen LogP contribution in [0.15, 0.2) is 24.5 Å². The third-order valence-electron chi connectivity index (χ3n) is 3.24. The van der Waals surface area contributed by atoms with Crippen LogP contribution in [0.4, 0.5) is 0 Å². The second kappa shape index (κ2) is 5.82. The Morgan fingerprint density at radius 1 is 1.33 bits per heavy atom. The molecular weight excluding hydrogens is 226 g/mol. The minimum absolute atomic E-state index is 0.468. The molecule has 2 aromatic rings. The van der Waals surface area contributed by atoms with Crippen molar-refractivity contribution in [1.82, 2.24) is 24.9 Å². The highest BCUT2D eigenvalue weighted by Crippen LogP contribution is 2.09. The summed E-state index contributed by atoms with van der Waals surface area (Å²) >= 11 is 0. The van der Waals surface area contributed by atoms with E-state index in [1.807, 2.05) is 28.7 Å². The number of aromatic nitrogens is 4. The van der Waals surface area contributed by atoms with Crippen LogP contribution in [0.2, 0.25) is 0 Å². The molecule has 0 saturated heterocycles. The Labute approximate surface area is 108 Å². The minimum Gasteiger partial charge on any atom is -0.305 e. The molecule has 0 saturated carbocycles. The molecular formula is C13H21N5. The van der Waals surface area contributed by atoms with Gasteiger partial charge in [-0.25, -0.2) is 0 Å². The van der Waals surface area contributed by atoms with Gasteiger partial charge in [-0.3, -0.25) is 9.36 Å². The zero-order chi connectivity index (χ0) is 13.0. The van der Waals surface area contributed by atoms with E-state index in [1.54, 1.807) is 0 Å². The summed E-state index contributed by atoms with van der Waals surface area (Å²) in [4.78, 5) is 0. The highest BCUT2D eigenvalue weighted by atomic mass is 15.3. The number of nitrogens with one attached hydrogen (secondary N) is 1. The molecule has 1 atom stereocenters. The first-order valence-corrected chi connectivity index (χ1v) is 6.42. The molecule has 0 amide bonds. The predicted octanol–water partition coefficient (Wildman–Crippen LogP) is 1.88. The van der Waals surface area contributed by atoms with E-state index in [0.29, 0.717) is 6.04 Å². The molecule has 5 nitrogen and oxygen atoms in total. The zero-order valence-electron chi connectivity index (χ0n) is 11.3. The summed E-state index contributed by atoms with van der Waals surface area (Å²) in [6, 6.07) is 4.56. The molecule has 0 aliphatic carbocycles. The second-order valence-corrected chi connectivity index (χ2v) is 4.59. The molecule has 2 heterocycles. The van der Waals surface area contributed by atoms with Crippen LogP contribution >= 0.6 is 0 Å². The molecule has 1 unspecified atom stereocenters. The van der Waals surface area contributed by atoms with E-state index in [2.05, 4.69) is 41.6 Å². The lowest BCUT2D eigenvalue weighted by Crippen LogP contribution is -2.16. The van der Waals surface area contributed by atoms with Crippen molar-refractivity contribution in [3.05, 3.63) is 35.9 Å². The smallest absolute Gasteiger partial charge is 0.0762 e. The van der Waals surface area contributed by atoms with Gasteiger partial charge in [-0.1, -0.05) is 6.92 Å². The quantitative estimate of drug-likeness (QED) is 0.848. The van der Waals surface area contributed by atoms with E-state index < -0.39 is 0 Å². The Kier molecular flexibility index (Phi) is 4.15. The van der Waals surface area contributed by atoms with Gasteiger partial charge in [0.2, 0.25) is 0 Å². The SMILES string of the molecule is CCC(C)n1ccc(CNCc2ccnn2C)n1. The van der Waals surface area contributed by atoms with Gasteiger partial charge in [0.15, 0.2) is 0 Å². The average Bonchev–Trinajstić information content (AvgIpc) is 2.99. The van der Waals surface area contributed by atoms with Gasteiger partial charge in [-0.2, -0.15) is 10.2 Å². The predicted molar refractivity (Wildman–Crippen MR) is 71.0 cm³/mol. The largest absolute Gasteiger partial charge is 0.305 e. The van der Waals surface area contributed by atoms with Crippen LogP contribution in [0.25, 0.3) is 0 Å². The molecule has 0 aromatic carbocycles. The van der Waals surface area contributed by atoms with Gasteiger partial charge in [-0.15, -0.1) is 0 Å². The number of aryl methyl sites for hydroxylation is 1. The van der Waals surface area contributed by atoms with E-state index in [4.69, 9.17) is 0 Å². The molecule has 0 aliphatic heterocycles. The standard InChI is InChI=1S/C13H21N5/c1-4-11(2)18-8-6-12(16-18)9-14-10-13-5-7-15-17(13)3/h5-8,11,14H,4,9-10H2,1-3H3. The fourth-order valence-electron chi connectivity index (χ4n) is 1.80. The van der Waals surface area contributed by atoms with Crippen molar-refractivity contribution in [3.8, 4) is 0 Å². The van der Waals surface area contributed by atoms with Crippen molar-refractivity contribution >= 4 is 0 Å². The first-order valence-electron chi connectivity index (χ1n) is 6.42. The van der Waals surface area contributed by atoms with Crippen molar-refractivity contribution in [2.24, 2.45) is 7.05 Å². The van der Waals surface area contributed by atoms with Crippen LogP contribution in [0.5, 0.6) is 0 Å². The maximum absolute atomic E-state index is 4.55. The van der Waals surface area contributed by atoms with E-state index in [9.17, 15) is 0 Å². The Hall–Kier alpha value is -1.62. The molecule has 2 rings (SSSR count). The van der Waals surface area contributed by atoms with E-state index in [-0.39, 0.29) is 0 Å². The monoisotopic (exact) mass is 247 g/mol. The maximum Gasteiger partial charge on any atom is 0.0762 e. The summed E-state index contributed by atoms with van der Waals surface area (Å²) in [6.07, 6.45) is 4.97. The Bertz CT molecular complexity index is 485. The van der Waals surface area contributed by atoms with Gasteiger partial charge >= 0.3 is 0 Å². The summed E-state index contributed by atoms with van der Waals surface area (Å²) in [5, 5.41) is 12.1. The van der Waals surface area contributed by atoms with Gasteiger partial charge in [0.1, 0.15) is 0 Å². The van der Waals surface area contributed by atoms with Gasteiger partial charge < -0.3 is 5.32 Å². The normalized spacial score (nSPS) is 12.8. The van der Waals surface area contributed by atoms with Gasteiger partial charge in [-0.05, 0) is 25.5 Å². The Morgan fingerprint density at radius 2 is 2.17 bits per heavy atom. The van der Waals surface area contributed by atoms with Gasteiger partial charge in [0.25, 0.3) is 0 Å². The maximum atomic E-state index is 4.55. The second-order valence-electron chi connectivity index (χ2n) is 4.59. The third kappa shape index (κ3) is 2.98. The van der Waals surface area contributed by atoms with Crippen LogP contribution in [-0.2, 0) is 20.1 Å². The number of hydrogen-bond acceptors (Lipinski definition) is 3. The minimum atomic E-state index is 0.468. The summed E-state index contributed by atoms with van der Waals surface area (Å²) in [6.45, 7) is 5.95. The average molecular weight is 247 g/mol. The van der Waals surface area contributed by atoms with E-state index in [0.717, 1.165) is 25.2 Å². The fourth-order valence-corrected chi connectivity index (χ4v) is 1.80. The zero-order valence-corrected chi connectivity index (χ0v) is 11.3. The van der Waals surface area contributed by atoms with Crippen molar-refractivity contribution in [1.29, 1.82) is 0 Å². The Balaban J connectivity index is 1.83. The molecule has 98 valence electrons. The molecule has 1 N–H and O–H groups in total. The molecule has 0 bridgehead atoms. The summed E-state index contributed by atoms with van der Waals surface area (Å²) in [7, 11) is 1.95. The third-order valence-corrected chi connectivity index (χ3v) is 3.24. The van der Waals surface area contributed by atoms with Crippen molar-refractivity contribution in [2.45, 2.75) is 39.4 Å². The number of nitrogens with zero attached hydrogens (tertiary/aromatic N) is 4. The lowest BCUT2D eigenvalue weighted by molar-refractivity contribution is 0.471. The summed E-state index contributed by atoms with van der Waals surface area (Å²) in [5.74, 6) is 0. The van der Waals surface area contributed by atoms with Gasteiger partial charge in [0.05, 0.1) is 11.4 Å². The molecule has 0 spiro atoms. The van der Waals surface area contributed by atoms with Crippen molar-refractivity contribution in [3.63, 3.8) is 0 Å². The highest BCUT2D eigenvalue weighted by molar-refractivity contribution is 5.02. The van der Waals surface area contributed by atoms with Crippen molar-refractivity contribution < 1.29 is 0 Å². The van der Waals surface area contributed by atoms with Crippen molar-refractivity contribution in [2.75, 3.05) is 0 Å². The van der Waals surface area contributed by atoms with E-state index in [1.165, 1.54) is 5.69 Å². The summed E-state index contributed by atoms with van der Waals surface area (Å²) in [5.41, 5.74) is 2.26. The lowest BCUT2D eigenvalue weighted by Gasteiger charge is -2.08.